The van der Waals surface area contributed by atoms with E-state index in [1.54, 1.807) is 12.7 Å². The molecule has 0 bridgehead atoms. The number of nitrogens with one attached hydrogen (secondary N) is 2. The van der Waals surface area contributed by atoms with Crippen molar-refractivity contribution in [3.05, 3.63) is 66.1 Å². The molecule has 1 aliphatic heterocycles. The quantitative estimate of drug-likeness (QED) is 0.322. The fourth-order valence-electron chi connectivity index (χ4n) is 4.35. The zero-order chi connectivity index (χ0) is 24.0. The second-order valence-corrected chi connectivity index (χ2v) is 8.75. The average Bonchev–Trinajstić information content (AvgIpc) is 3.51. The first-order valence-electron chi connectivity index (χ1n) is 11.7. The van der Waals surface area contributed by atoms with Crippen LogP contribution in [0.3, 0.4) is 0 Å². The highest BCUT2D eigenvalue weighted by molar-refractivity contribution is 5.93. The Bertz CT molecular complexity index is 1310. The van der Waals surface area contributed by atoms with Crippen LogP contribution in [0.2, 0.25) is 0 Å². The van der Waals surface area contributed by atoms with Crippen molar-refractivity contribution in [1.82, 2.24) is 30.3 Å². The van der Waals surface area contributed by atoms with Gasteiger partial charge >= 0.3 is 0 Å². The van der Waals surface area contributed by atoms with Gasteiger partial charge in [-0.05, 0) is 54.8 Å². The summed E-state index contributed by atoms with van der Waals surface area (Å²) in [6.45, 7) is 3.82. The lowest BCUT2D eigenvalue weighted by Crippen LogP contribution is -2.52. The summed E-state index contributed by atoms with van der Waals surface area (Å²) in [4.78, 5) is 2.30. The number of nitrogens with zero attached hydrogens (tertiary/aromatic N) is 6. The van der Waals surface area contributed by atoms with Crippen molar-refractivity contribution in [1.29, 1.82) is 5.26 Å². The summed E-state index contributed by atoms with van der Waals surface area (Å²) in [6.07, 6.45) is 7.60. The standard InChI is InChI=1S/C25H27FN8O/c26-20-8-18(3-4-27)7-19(9-20)12-28-5-1-2-6-35-22-14-33(15-22)25-11-21(34-16-30-31-17-34)10-24-23(25)13-29-32-24/h7-11,13,16-17,22,28H,1-3,5-6,12,14-15H2,(H,29,32). The van der Waals surface area contributed by atoms with Crippen molar-refractivity contribution in [2.24, 2.45) is 0 Å². The van der Waals surface area contributed by atoms with Crippen molar-refractivity contribution < 1.29 is 9.13 Å². The Morgan fingerprint density at radius 3 is 2.77 bits per heavy atom. The van der Waals surface area contributed by atoms with Gasteiger partial charge in [0, 0.05) is 31.6 Å². The smallest absolute Gasteiger partial charge is 0.123 e. The average molecular weight is 475 g/mol. The summed E-state index contributed by atoms with van der Waals surface area (Å²) in [5, 5.41) is 28.3. The van der Waals surface area contributed by atoms with Gasteiger partial charge < -0.3 is 15.0 Å². The number of unbranched alkanes of at least 4 members (excludes halogenated alkanes) is 1. The topological polar surface area (TPSA) is 108 Å². The lowest BCUT2D eigenvalue weighted by molar-refractivity contribution is 0.0324. The maximum Gasteiger partial charge on any atom is 0.123 e. The van der Waals surface area contributed by atoms with Crippen LogP contribution in [0.25, 0.3) is 16.6 Å². The molecule has 0 spiro atoms. The summed E-state index contributed by atoms with van der Waals surface area (Å²) in [5.74, 6) is -0.295. The number of fused-ring (bicyclic) bond motifs is 1. The largest absolute Gasteiger partial charge is 0.375 e. The lowest BCUT2D eigenvalue weighted by Gasteiger charge is -2.41. The van der Waals surface area contributed by atoms with Gasteiger partial charge in [0.2, 0.25) is 0 Å². The Balaban J connectivity index is 1.03. The molecular weight excluding hydrogens is 447 g/mol. The SMILES string of the molecule is N#CCc1cc(F)cc(CNCCCCOC2CN(c3cc(-n4cnnc4)cc4[nH]ncc34)C2)c1. The molecule has 2 aromatic carbocycles. The molecule has 1 aliphatic rings. The zero-order valence-corrected chi connectivity index (χ0v) is 19.3. The molecule has 2 aromatic heterocycles. The summed E-state index contributed by atoms with van der Waals surface area (Å²) in [6, 6.07) is 11.0. The van der Waals surface area contributed by atoms with Crippen LogP contribution in [0.15, 0.2) is 49.2 Å². The van der Waals surface area contributed by atoms with E-state index in [0.717, 1.165) is 60.3 Å². The summed E-state index contributed by atoms with van der Waals surface area (Å²) >= 11 is 0. The van der Waals surface area contributed by atoms with E-state index in [0.29, 0.717) is 18.7 Å². The van der Waals surface area contributed by atoms with Crippen LogP contribution in [0.4, 0.5) is 10.1 Å². The Morgan fingerprint density at radius 1 is 1.11 bits per heavy atom. The Kier molecular flexibility index (Phi) is 6.97. The number of aromatic nitrogens is 5. The van der Waals surface area contributed by atoms with Gasteiger partial charge in [0.1, 0.15) is 18.5 Å². The van der Waals surface area contributed by atoms with Crippen molar-refractivity contribution in [2.45, 2.75) is 31.9 Å². The van der Waals surface area contributed by atoms with Crippen molar-refractivity contribution in [3.8, 4) is 11.8 Å². The van der Waals surface area contributed by atoms with Crippen LogP contribution < -0.4 is 10.2 Å². The molecule has 2 N–H and O–H groups in total. The van der Waals surface area contributed by atoms with Gasteiger partial charge in [0.05, 0.1) is 41.7 Å². The number of H-pyrrole nitrogens is 1. The van der Waals surface area contributed by atoms with Gasteiger partial charge in [-0.15, -0.1) is 10.2 Å². The second-order valence-electron chi connectivity index (χ2n) is 8.75. The number of nitriles is 1. The molecule has 5 rings (SSSR count). The van der Waals surface area contributed by atoms with Crippen LogP contribution in [0.1, 0.15) is 24.0 Å². The normalized spacial score (nSPS) is 13.8. The summed E-state index contributed by atoms with van der Waals surface area (Å²) in [5.41, 5.74) is 4.66. The summed E-state index contributed by atoms with van der Waals surface area (Å²) < 4.78 is 21.6. The zero-order valence-electron chi connectivity index (χ0n) is 19.3. The first-order chi connectivity index (χ1) is 17.2. The van der Waals surface area contributed by atoms with E-state index >= 15 is 0 Å². The molecule has 0 atom stereocenters. The molecule has 3 heterocycles. The summed E-state index contributed by atoms with van der Waals surface area (Å²) in [7, 11) is 0. The van der Waals surface area contributed by atoms with Crippen molar-refractivity contribution in [2.75, 3.05) is 31.1 Å². The third kappa shape index (κ3) is 5.48. The highest BCUT2D eigenvalue weighted by atomic mass is 19.1. The van der Waals surface area contributed by atoms with Gasteiger partial charge in [-0.1, -0.05) is 6.07 Å². The van der Waals surface area contributed by atoms with Crippen LogP contribution >= 0.6 is 0 Å². The number of halogens is 1. The first kappa shape index (κ1) is 23.0. The second kappa shape index (κ2) is 10.6. The number of hydrogen-bond donors (Lipinski definition) is 2. The predicted molar refractivity (Wildman–Crippen MR) is 130 cm³/mol. The van der Waals surface area contributed by atoms with Gasteiger partial charge in [-0.25, -0.2) is 4.39 Å². The predicted octanol–water partition coefficient (Wildman–Crippen LogP) is 3.12. The van der Waals surface area contributed by atoms with Gasteiger partial charge in [-0.2, -0.15) is 10.4 Å². The molecule has 180 valence electrons. The van der Waals surface area contributed by atoms with E-state index < -0.39 is 0 Å². The van der Waals surface area contributed by atoms with Gasteiger partial charge in [0.15, 0.2) is 0 Å². The van der Waals surface area contributed by atoms with Crippen LogP contribution in [-0.4, -0.2) is 57.3 Å². The van der Waals surface area contributed by atoms with E-state index in [4.69, 9.17) is 10.00 Å². The fourth-order valence-corrected chi connectivity index (χ4v) is 4.35. The van der Waals surface area contributed by atoms with E-state index in [9.17, 15) is 4.39 Å². The number of anilines is 1. The maximum atomic E-state index is 13.7. The molecule has 0 unspecified atom stereocenters. The minimum absolute atomic E-state index is 0.217. The first-order valence-corrected chi connectivity index (χ1v) is 11.7. The highest BCUT2D eigenvalue weighted by Gasteiger charge is 2.29. The number of aromatic amines is 1. The molecule has 1 fully saturated rings. The Labute approximate surface area is 202 Å². The molecule has 0 aliphatic carbocycles. The number of ether oxygens (including phenoxy) is 1. The third-order valence-electron chi connectivity index (χ3n) is 6.16. The van der Waals surface area contributed by atoms with E-state index in [1.807, 2.05) is 22.9 Å². The van der Waals surface area contributed by atoms with Gasteiger partial charge in [-0.3, -0.25) is 9.67 Å². The van der Waals surface area contributed by atoms with E-state index in [1.165, 1.54) is 12.1 Å². The maximum absolute atomic E-state index is 13.7. The number of hydrogen-bond acceptors (Lipinski definition) is 7. The number of rotatable bonds is 11. The molecule has 35 heavy (non-hydrogen) atoms. The van der Waals surface area contributed by atoms with Gasteiger partial charge in [0.25, 0.3) is 0 Å². The van der Waals surface area contributed by atoms with Crippen LogP contribution in [0, 0.1) is 17.1 Å². The fraction of sp³-hybridized carbons (Fsp3) is 0.360. The van der Waals surface area contributed by atoms with E-state index in [2.05, 4.69) is 42.7 Å². The molecule has 4 aromatic rings. The van der Waals surface area contributed by atoms with Crippen LogP contribution in [-0.2, 0) is 17.7 Å². The molecule has 0 amide bonds. The molecule has 10 heteroatoms. The van der Waals surface area contributed by atoms with Crippen LogP contribution in [0.5, 0.6) is 0 Å². The third-order valence-corrected chi connectivity index (χ3v) is 6.16. The Morgan fingerprint density at radius 2 is 1.94 bits per heavy atom. The molecule has 0 radical (unpaired) electrons. The minimum atomic E-state index is -0.295. The molecule has 0 saturated carbocycles. The molecular formula is C25H27FN8O. The van der Waals surface area contributed by atoms with E-state index in [-0.39, 0.29) is 18.3 Å². The molecule has 1 saturated heterocycles. The minimum Gasteiger partial charge on any atom is -0.375 e. The number of benzene rings is 2. The highest BCUT2D eigenvalue weighted by Crippen LogP contribution is 2.32. The molecule has 9 nitrogen and oxygen atoms in total. The Hall–Kier alpha value is -3.81. The monoisotopic (exact) mass is 474 g/mol. The van der Waals surface area contributed by atoms with Crippen molar-refractivity contribution in [3.63, 3.8) is 0 Å². The van der Waals surface area contributed by atoms with Crippen molar-refractivity contribution >= 4 is 16.6 Å². The lowest BCUT2D eigenvalue weighted by atomic mass is 10.1.